The molecule has 2 atom stereocenters. The lowest BCUT2D eigenvalue weighted by Crippen LogP contribution is -2.44. The minimum atomic E-state index is -0.436. The zero-order valence-electron chi connectivity index (χ0n) is 13.6. The maximum Gasteiger partial charge on any atom is 0.410 e. The van der Waals surface area contributed by atoms with Gasteiger partial charge in [0.1, 0.15) is 5.60 Å². The summed E-state index contributed by atoms with van der Waals surface area (Å²) in [5.74, 6) is 0. The number of hydrogen-bond acceptors (Lipinski definition) is 4. The van der Waals surface area contributed by atoms with Gasteiger partial charge in [-0.3, -0.25) is 0 Å². The Morgan fingerprint density at radius 1 is 1.45 bits per heavy atom. The molecule has 0 aromatic heterocycles. The molecule has 1 fully saturated rings. The third-order valence-electron chi connectivity index (χ3n) is 3.33. The van der Waals surface area contributed by atoms with Crippen LogP contribution >= 0.6 is 0 Å². The zero-order valence-corrected chi connectivity index (χ0v) is 13.6. The highest BCUT2D eigenvalue weighted by atomic mass is 16.6. The van der Waals surface area contributed by atoms with E-state index in [-0.39, 0.29) is 6.09 Å². The van der Waals surface area contributed by atoms with Crippen LogP contribution in [0.2, 0.25) is 0 Å². The fraction of sp³-hybridized carbons (Fsp3) is 0.933. The molecule has 0 bridgehead atoms. The molecule has 0 radical (unpaired) electrons. The van der Waals surface area contributed by atoms with Crippen molar-refractivity contribution >= 4 is 6.09 Å². The molecule has 2 unspecified atom stereocenters. The van der Waals surface area contributed by atoms with Crippen molar-refractivity contribution in [3.8, 4) is 0 Å². The molecular formula is C15H30N2O3. The van der Waals surface area contributed by atoms with Gasteiger partial charge < -0.3 is 19.7 Å². The third-order valence-corrected chi connectivity index (χ3v) is 3.33. The van der Waals surface area contributed by atoms with Gasteiger partial charge in [-0.25, -0.2) is 4.79 Å². The summed E-state index contributed by atoms with van der Waals surface area (Å²) in [5.41, 5.74) is -0.436. The van der Waals surface area contributed by atoms with Crippen LogP contribution in [0.5, 0.6) is 0 Å². The van der Waals surface area contributed by atoms with Crippen LogP contribution in [0.4, 0.5) is 4.79 Å². The quantitative estimate of drug-likeness (QED) is 0.843. The van der Waals surface area contributed by atoms with Crippen molar-refractivity contribution in [1.82, 2.24) is 10.2 Å². The Hall–Kier alpha value is -0.810. The molecule has 20 heavy (non-hydrogen) atoms. The third kappa shape index (κ3) is 6.57. The second-order valence-electron chi connectivity index (χ2n) is 6.42. The summed E-state index contributed by atoms with van der Waals surface area (Å²) < 4.78 is 10.9. The highest BCUT2D eigenvalue weighted by Gasteiger charge is 2.22. The van der Waals surface area contributed by atoms with Crippen molar-refractivity contribution in [3.63, 3.8) is 0 Å². The fourth-order valence-corrected chi connectivity index (χ4v) is 2.29. The summed E-state index contributed by atoms with van der Waals surface area (Å²) >= 11 is 0. The minimum Gasteiger partial charge on any atom is -0.444 e. The number of nitrogens with one attached hydrogen (secondary N) is 1. The maximum absolute atomic E-state index is 12.0. The summed E-state index contributed by atoms with van der Waals surface area (Å²) in [6.07, 6.45) is 2.18. The lowest BCUT2D eigenvalue weighted by Gasteiger charge is -2.30. The molecule has 118 valence electrons. The molecule has 5 nitrogen and oxygen atoms in total. The van der Waals surface area contributed by atoms with Gasteiger partial charge in [0.25, 0.3) is 0 Å². The topological polar surface area (TPSA) is 50.8 Å². The zero-order chi connectivity index (χ0) is 15.2. The standard InChI is InChI=1S/C15H30N2O3/c1-6-17(14(18)20-15(3,4)5)9-8-16-13-7-10-19-12(2)11-13/h12-13,16H,6-11H2,1-5H3. The van der Waals surface area contributed by atoms with Gasteiger partial charge in [-0.05, 0) is 47.5 Å². The van der Waals surface area contributed by atoms with E-state index in [1.807, 2.05) is 27.7 Å². The van der Waals surface area contributed by atoms with Crippen LogP contribution in [0.1, 0.15) is 47.5 Å². The van der Waals surface area contributed by atoms with E-state index in [1.54, 1.807) is 4.90 Å². The normalized spacial score (nSPS) is 23.4. The molecule has 1 aliphatic heterocycles. The van der Waals surface area contributed by atoms with E-state index in [0.717, 1.165) is 26.0 Å². The number of ether oxygens (including phenoxy) is 2. The van der Waals surface area contributed by atoms with E-state index in [2.05, 4.69) is 12.2 Å². The van der Waals surface area contributed by atoms with E-state index in [4.69, 9.17) is 9.47 Å². The molecule has 1 aliphatic rings. The largest absolute Gasteiger partial charge is 0.444 e. The predicted molar refractivity (Wildman–Crippen MR) is 79.9 cm³/mol. The number of rotatable bonds is 5. The van der Waals surface area contributed by atoms with Crippen molar-refractivity contribution < 1.29 is 14.3 Å². The molecule has 1 saturated heterocycles. The van der Waals surface area contributed by atoms with Gasteiger partial charge in [0.05, 0.1) is 6.10 Å². The highest BCUT2D eigenvalue weighted by molar-refractivity contribution is 5.68. The first-order valence-corrected chi connectivity index (χ1v) is 7.64. The van der Waals surface area contributed by atoms with Crippen LogP contribution in [0, 0.1) is 0 Å². The van der Waals surface area contributed by atoms with Crippen molar-refractivity contribution in [2.75, 3.05) is 26.2 Å². The number of carbonyl (C=O) groups excluding carboxylic acids is 1. The molecule has 0 aliphatic carbocycles. The van der Waals surface area contributed by atoms with Gasteiger partial charge in [0, 0.05) is 32.3 Å². The highest BCUT2D eigenvalue weighted by Crippen LogP contribution is 2.13. The van der Waals surface area contributed by atoms with Gasteiger partial charge in [-0.15, -0.1) is 0 Å². The Bertz CT molecular complexity index is 302. The molecule has 1 heterocycles. The Balaban J connectivity index is 2.28. The van der Waals surface area contributed by atoms with Gasteiger partial charge >= 0.3 is 6.09 Å². The first-order chi connectivity index (χ1) is 9.31. The average Bonchev–Trinajstić information content (AvgIpc) is 2.32. The van der Waals surface area contributed by atoms with E-state index in [0.29, 0.717) is 25.2 Å². The molecule has 0 saturated carbocycles. The van der Waals surface area contributed by atoms with Crippen LogP contribution in [-0.2, 0) is 9.47 Å². The molecule has 0 spiro atoms. The van der Waals surface area contributed by atoms with Crippen LogP contribution in [0.3, 0.4) is 0 Å². The van der Waals surface area contributed by atoms with Crippen LogP contribution < -0.4 is 5.32 Å². The Morgan fingerprint density at radius 2 is 2.15 bits per heavy atom. The smallest absolute Gasteiger partial charge is 0.410 e. The monoisotopic (exact) mass is 286 g/mol. The maximum atomic E-state index is 12.0. The average molecular weight is 286 g/mol. The van der Waals surface area contributed by atoms with Crippen LogP contribution in [0.25, 0.3) is 0 Å². The second-order valence-corrected chi connectivity index (χ2v) is 6.42. The Labute approximate surface area is 123 Å². The summed E-state index contributed by atoms with van der Waals surface area (Å²) in [6.45, 7) is 12.7. The molecule has 5 heteroatoms. The second kappa shape index (κ2) is 7.84. The van der Waals surface area contributed by atoms with E-state index >= 15 is 0 Å². The van der Waals surface area contributed by atoms with Crippen molar-refractivity contribution in [1.29, 1.82) is 0 Å². The lowest BCUT2D eigenvalue weighted by atomic mass is 10.0. The lowest BCUT2D eigenvalue weighted by molar-refractivity contribution is 0.0113. The SMILES string of the molecule is CCN(CCNC1CCOC(C)C1)C(=O)OC(C)(C)C. The number of hydrogen-bond donors (Lipinski definition) is 1. The molecule has 1 amide bonds. The summed E-state index contributed by atoms with van der Waals surface area (Å²) in [5, 5.41) is 3.51. The summed E-state index contributed by atoms with van der Waals surface area (Å²) in [4.78, 5) is 13.7. The molecule has 0 aromatic carbocycles. The van der Waals surface area contributed by atoms with E-state index in [1.165, 1.54) is 0 Å². The Morgan fingerprint density at radius 3 is 2.70 bits per heavy atom. The van der Waals surface area contributed by atoms with E-state index < -0.39 is 5.60 Å². The number of nitrogens with zero attached hydrogens (tertiary/aromatic N) is 1. The molecule has 0 aromatic rings. The van der Waals surface area contributed by atoms with Gasteiger partial charge in [0.15, 0.2) is 0 Å². The van der Waals surface area contributed by atoms with E-state index in [9.17, 15) is 4.79 Å². The molecule has 1 rings (SSSR count). The van der Waals surface area contributed by atoms with Crippen molar-refractivity contribution in [2.45, 2.75) is 65.2 Å². The van der Waals surface area contributed by atoms with Gasteiger partial charge in [-0.1, -0.05) is 0 Å². The number of likely N-dealkylation sites (N-methyl/N-ethyl adjacent to an activating group) is 1. The van der Waals surface area contributed by atoms with Crippen molar-refractivity contribution in [3.05, 3.63) is 0 Å². The molecular weight excluding hydrogens is 256 g/mol. The number of carbonyl (C=O) groups is 1. The Kier molecular flexibility index (Phi) is 6.76. The summed E-state index contributed by atoms with van der Waals surface area (Å²) in [6, 6.07) is 0.496. The fourth-order valence-electron chi connectivity index (χ4n) is 2.29. The summed E-state index contributed by atoms with van der Waals surface area (Å²) in [7, 11) is 0. The number of amides is 1. The van der Waals surface area contributed by atoms with Gasteiger partial charge in [0.2, 0.25) is 0 Å². The van der Waals surface area contributed by atoms with Crippen LogP contribution in [-0.4, -0.2) is 55.0 Å². The van der Waals surface area contributed by atoms with Gasteiger partial charge in [-0.2, -0.15) is 0 Å². The first-order valence-electron chi connectivity index (χ1n) is 7.64. The predicted octanol–water partition coefficient (Wildman–Crippen LogP) is 2.40. The first kappa shape index (κ1) is 17.2. The minimum absolute atomic E-state index is 0.234. The van der Waals surface area contributed by atoms with Crippen molar-refractivity contribution in [2.24, 2.45) is 0 Å². The molecule has 1 N–H and O–H groups in total. The van der Waals surface area contributed by atoms with Crippen LogP contribution in [0.15, 0.2) is 0 Å².